The number of nitrogens with one attached hydrogen (secondary N) is 1. The van der Waals surface area contributed by atoms with Gasteiger partial charge in [0.05, 0.1) is 11.6 Å². The maximum atomic E-state index is 9.41. The summed E-state index contributed by atoms with van der Waals surface area (Å²) < 4.78 is 3.82. The second kappa shape index (κ2) is 3.47. The third-order valence-corrected chi connectivity index (χ3v) is 2.56. The van der Waals surface area contributed by atoms with Crippen LogP contribution in [0.5, 0.6) is 0 Å². The fraction of sp³-hybridized carbons (Fsp3) is 0.714. The molecule has 0 spiro atoms. The Bertz CT molecular complexity index is 284. The maximum absolute atomic E-state index is 9.41. The van der Waals surface area contributed by atoms with Crippen molar-refractivity contribution in [3.8, 4) is 0 Å². The summed E-state index contributed by atoms with van der Waals surface area (Å²) in [6.07, 6.45) is -0.474. The van der Waals surface area contributed by atoms with Gasteiger partial charge in [-0.2, -0.15) is 9.36 Å². The standard InChI is InChI=1S/C7H14N4OS/c1-4(12)7(2,3)10-6-9-5(8)11-13-6/h4,12H,1-3H3,(H3,8,9,10,11). The Hall–Kier alpha value is -0.880. The van der Waals surface area contributed by atoms with Crippen molar-refractivity contribution >= 4 is 22.6 Å². The highest BCUT2D eigenvalue weighted by atomic mass is 32.1. The minimum atomic E-state index is -0.474. The first-order valence-corrected chi connectivity index (χ1v) is 4.74. The molecule has 5 nitrogen and oxygen atoms in total. The second-order valence-corrected chi connectivity index (χ2v) is 4.23. The van der Waals surface area contributed by atoms with Crippen LogP contribution in [0.1, 0.15) is 20.8 Å². The Labute approximate surface area is 81.2 Å². The average Bonchev–Trinajstić information content (AvgIpc) is 2.34. The van der Waals surface area contributed by atoms with Crippen molar-refractivity contribution in [3.63, 3.8) is 0 Å². The van der Waals surface area contributed by atoms with E-state index in [-0.39, 0.29) is 5.95 Å². The van der Waals surface area contributed by atoms with Gasteiger partial charge in [-0.1, -0.05) is 0 Å². The molecule has 0 aliphatic heterocycles. The highest BCUT2D eigenvalue weighted by Gasteiger charge is 2.24. The lowest BCUT2D eigenvalue weighted by molar-refractivity contribution is 0.133. The molecular weight excluding hydrogens is 188 g/mol. The number of nitrogen functional groups attached to an aromatic ring is 1. The molecule has 1 rings (SSSR count). The van der Waals surface area contributed by atoms with E-state index in [2.05, 4.69) is 14.7 Å². The summed E-state index contributed by atoms with van der Waals surface area (Å²) in [5.74, 6) is 0.258. The molecule has 74 valence electrons. The zero-order chi connectivity index (χ0) is 10.1. The number of aliphatic hydroxyl groups excluding tert-OH is 1. The summed E-state index contributed by atoms with van der Waals surface area (Å²) in [6.45, 7) is 5.49. The summed E-state index contributed by atoms with van der Waals surface area (Å²) in [5, 5.41) is 13.1. The molecule has 0 bridgehead atoms. The lowest BCUT2D eigenvalue weighted by Gasteiger charge is -2.28. The van der Waals surface area contributed by atoms with Crippen molar-refractivity contribution in [1.29, 1.82) is 0 Å². The quantitative estimate of drug-likeness (QED) is 0.671. The number of hydrogen-bond acceptors (Lipinski definition) is 6. The third kappa shape index (κ3) is 2.53. The first-order valence-electron chi connectivity index (χ1n) is 3.97. The molecule has 0 aliphatic carbocycles. The van der Waals surface area contributed by atoms with E-state index in [1.54, 1.807) is 6.92 Å². The molecule has 1 heterocycles. The Kier molecular flexibility index (Phi) is 2.72. The van der Waals surface area contributed by atoms with E-state index in [0.29, 0.717) is 5.13 Å². The van der Waals surface area contributed by atoms with Crippen LogP contribution in [0, 0.1) is 0 Å². The Balaban J connectivity index is 2.68. The summed E-state index contributed by atoms with van der Waals surface area (Å²) >= 11 is 1.19. The predicted molar refractivity (Wildman–Crippen MR) is 53.7 cm³/mol. The van der Waals surface area contributed by atoms with Gasteiger partial charge in [0.2, 0.25) is 11.1 Å². The monoisotopic (exact) mass is 202 g/mol. The minimum Gasteiger partial charge on any atom is -0.391 e. The van der Waals surface area contributed by atoms with Crippen LogP contribution in [-0.4, -0.2) is 26.1 Å². The second-order valence-electron chi connectivity index (χ2n) is 3.48. The summed E-state index contributed by atoms with van der Waals surface area (Å²) in [7, 11) is 0. The van der Waals surface area contributed by atoms with Gasteiger partial charge in [-0.25, -0.2) is 0 Å². The topological polar surface area (TPSA) is 84.1 Å². The number of aliphatic hydroxyl groups is 1. The smallest absolute Gasteiger partial charge is 0.233 e. The average molecular weight is 202 g/mol. The van der Waals surface area contributed by atoms with Crippen molar-refractivity contribution in [2.75, 3.05) is 11.1 Å². The van der Waals surface area contributed by atoms with Gasteiger partial charge in [0.25, 0.3) is 0 Å². The molecule has 0 amide bonds. The number of rotatable bonds is 3. The Morgan fingerprint density at radius 1 is 1.62 bits per heavy atom. The van der Waals surface area contributed by atoms with Crippen LogP contribution in [0.4, 0.5) is 11.1 Å². The van der Waals surface area contributed by atoms with E-state index in [4.69, 9.17) is 5.73 Å². The molecular formula is C7H14N4OS. The van der Waals surface area contributed by atoms with Crippen LogP contribution in [0.15, 0.2) is 0 Å². The van der Waals surface area contributed by atoms with Gasteiger partial charge >= 0.3 is 0 Å². The van der Waals surface area contributed by atoms with Crippen molar-refractivity contribution in [1.82, 2.24) is 9.36 Å². The summed E-state index contributed by atoms with van der Waals surface area (Å²) in [6, 6.07) is 0. The molecule has 4 N–H and O–H groups in total. The van der Waals surface area contributed by atoms with Crippen molar-refractivity contribution in [3.05, 3.63) is 0 Å². The van der Waals surface area contributed by atoms with Gasteiger partial charge in [0, 0.05) is 11.5 Å². The molecule has 0 saturated carbocycles. The molecule has 13 heavy (non-hydrogen) atoms. The van der Waals surface area contributed by atoms with E-state index < -0.39 is 11.6 Å². The number of aromatic nitrogens is 2. The molecule has 0 radical (unpaired) electrons. The lowest BCUT2D eigenvalue weighted by Crippen LogP contribution is -2.41. The van der Waals surface area contributed by atoms with Crippen LogP contribution in [-0.2, 0) is 0 Å². The maximum Gasteiger partial charge on any atom is 0.233 e. The first-order chi connectivity index (χ1) is 5.92. The SMILES string of the molecule is CC(O)C(C)(C)Nc1nc(N)ns1. The zero-order valence-corrected chi connectivity index (χ0v) is 8.72. The summed E-state index contributed by atoms with van der Waals surface area (Å²) in [4.78, 5) is 3.94. The molecule has 1 aromatic heterocycles. The molecule has 0 aliphatic rings. The Morgan fingerprint density at radius 3 is 2.62 bits per heavy atom. The molecule has 1 atom stereocenters. The van der Waals surface area contributed by atoms with E-state index in [9.17, 15) is 5.11 Å². The van der Waals surface area contributed by atoms with Gasteiger partial charge in [0.15, 0.2) is 0 Å². The lowest BCUT2D eigenvalue weighted by atomic mass is 9.99. The van der Waals surface area contributed by atoms with Gasteiger partial charge in [-0.05, 0) is 20.8 Å². The molecule has 0 aromatic carbocycles. The predicted octanol–water partition coefficient (Wildman–Crippen LogP) is 0.692. The molecule has 0 fully saturated rings. The van der Waals surface area contributed by atoms with Gasteiger partial charge in [-0.3, -0.25) is 0 Å². The number of nitrogens with two attached hydrogens (primary N) is 1. The van der Waals surface area contributed by atoms with Gasteiger partial charge in [0.1, 0.15) is 0 Å². The summed E-state index contributed by atoms with van der Waals surface area (Å²) in [5.41, 5.74) is 4.93. The largest absolute Gasteiger partial charge is 0.391 e. The van der Waals surface area contributed by atoms with Crippen LogP contribution < -0.4 is 11.1 Å². The van der Waals surface area contributed by atoms with Crippen molar-refractivity contribution in [2.45, 2.75) is 32.4 Å². The number of hydrogen-bond donors (Lipinski definition) is 3. The third-order valence-electron chi connectivity index (χ3n) is 1.92. The number of nitrogens with zero attached hydrogens (tertiary/aromatic N) is 2. The Morgan fingerprint density at radius 2 is 2.23 bits per heavy atom. The fourth-order valence-electron chi connectivity index (χ4n) is 0.666. The van der Waals surface area contributed by atoms with Gasteiger partial charge < -0.3 is 16.2 Å². The van der Waals surface area contributed by atoms with E-state index >= 15 is 0 Å². The fourth-order valence-corrected chi connectivity index (χ4v) is 1.33. The molecule has 6 heteroatoms. The van der Waals surface area contributed by atoms with E-state index in [1.165, 1.54) is 11.5 Å². The highest BCUT2D eigenvalue weighted by molar-refractivity contribution is 7.09. The highest BCUT2D eigenvalue weighted by Crippen LogP contribution is 2.20. The molecule has 0 saturated heterocycles. The van der Waals surface area contributed by atoms with E-state index in [1.807, 2.05) is 13.8 Å². The van der Waals surface area contributed by atoms with E-state index in [0.717, 1.165) is 0 Å². The van der Waals surface area contributed by atoms with Crippen molar-refractivity contribution < 1.29 is 5.11 Å². The minimum absolute atomic E-state index is 0.258. The van der Waals surface area contributed by atoms with Crippen LogP contribution in [0.25, 0.3) is 0 Å². The normalized spacial score (nSPS) is 14.2. The van der Waals surface area contributed by atoms with Crippen LogP contribution >= 0.6 is 11.5 Å². The first kappa shape index (κ1) is 10.2. The van der Waals surface area contributed by atoms with Crippen LogP contribution in [0.3, 0.4) is 0 Å². The zero-order valence-electron chi connectivity index (χ0n) is 7.90. The number of anilines is 2. The van der Waals surface area contributed by atoms with Crippen LogP contribution in [0.2, 0.25) is 0 Å². The molecule has 1 unspecified atom stereocenters. The molecule has 1 aromatic rings. The van der Waals surface area contributed by atoms with Gasteiger partial charge in [-0.15, -0.1) is 0 Å². The van der Waals surface area contributed by atoms with Crippen molar-refractivity contribution in [2.24, 2.45) is 0 Å².